The molecule has 0 atom stereocenters. The van der Waals surface area contributed by atoms with Gasteiger partial charge in [0.15, 0.2) is 5.11 Å². The summed E-state index contributed by atoms with van der Waals surface area (Å²) in [4.78, 5) is 28.9. The van der Waals surface area contributed by atoms with Gasteiger partial charge in [0.25, 0.3) is 11.8 Å². The lowest BCUT2D eigenvalue weighted by atomic mass is 10.1. The standard InChI is InChI=1S/C20H17BrN2O3S/c1-2-10-22-18(25)15(11-13-8-9-17(24)16(21)12-13)19(26)23(20(22)27)14-6-4-3-5-7-14/h3-9,11-12,24H,2,10H2,1H3/b15-11+. The Balaban J connectivity index is 2.09. The van der Waals surface area contributed by atoms with Crippen LogP contribution < -0.4 is 4.90 Å². The van der Waals surface area contributed by atoms with Crippen LogP contribution in [0, 0.1) is 0 Å². The molecule has 3 rings (SSSR count). The highest BCUT2D eigenvalue weighted by Gasteiger charge is 2.39. The molecular formula is C20H17BrN2O3S. The minimum atomic E-state index is -0.465. The molecule has 0 unspecified atom stereocenters. The van der Waals surface area contributed by atoms with Gasteiger partial charge in [0.1, 0.15) is 11.3 Å². The van der Waals surface area contributed by atoms with Crippen molar-refractivity contribution in [1.29, 1.82) is 0 Å². The topological polar surface area (TPSA) is 60.9 Å². The Morgan fingerprint density at radius 1 is 1.11 bits per heavy atom. The number of hydrogen-bond acceptors (Lipinski definition) is 4. The van der Waals surface area contributed by atoms with Crippen LogP contribution in [0.15, 0.2) is 58.6 Å². The van der Waals surface area contributed by atoms with Crippen LogP contribution in [0.1, 0.15) is 18.9 Å². The number of carbonyl (C=O) groups excluding carboxylic acids is 2. The molecule has 0 aromatic heterocycles. The van der Waals surface area contributed by atoms with Gasteiger partial charge >= 0.3 is 0 Å². The number of hydrogen-bond donors (Lipinski definition) is 1. The Bertz CT molecular complexity index is 943. The summed E-state index contributed by atoms with van der Waals surface area (Å²) < 4.78 is 0.480. The summed E-state index contributed by atoms with van der Waals surface area (Å²) in [5.41, 5.74) is 1.26. The first-order valence-corrected chi connectivity index (χ1v) is 9.59. The number of amides is 2. The van der Waals surface area contributed by atoms with E-state index in [0.29, 0.717) is 28.7 Å². The molecule has 138 valence electrons. The molecule has 0 saturated carbocycles. The van der Waals surface area contributed by atoms with Gasteiger partial charge in [-0.2, -0.15) is 0 Å². The zero-order chi connectivity index (χ0) is 19.6. The normalized spacial score (nSPS) is 16.4. The molecule has 1 fully saturated rings. The minimum absolute atomic E-state index is 0.0264. The molecule has 1 aliphatic rings. The third-order valence-electron chi connectivity index (χ3n) is 4.08. The SMILES string of the molecule is CCCN1C(=O)/C(=C\c2ccc(O)c(Br)c2)C(=O)N(c2ccccc2)C1=S. The Hall–Kier alpha value is -2.51. The van der Waals surface area contributed by atoms with Gasteiger partial charge < -0.3 is 5.11 Å². The van der Waals surface area contributed by atoms with Crippen molar-refractivity contribution < 1.29 is 14.7 Å². The molecule has 0 radical (unpaired) electrons. The smallest absolute Gasteiger partial charge is 0.270 e. The lowest BCUT2D eigenvalue weighted by Crippen LogP contribution is -2.56. The van der Waals surface area contributed by atoms with Gasteiger partial charge in [0.2, 0.25) is 0 Å². The first-order chi connectivity index (χ1) is 12.9. The van der Waals surface area contributed by atoms with Gasteiger partial charge in [0, 0.05) is 6.54 Å². The predicted octanol–water partition coefficient (Wildman–Crippen LogP) is 4.11. The quantitative estimate of drug-likeness (QED) is 0.437. The number of nitrogens with zero attached hydrogens (tertiary/aromatic N) is 2. The lowest BCUT2D eigenvalue weighted by Gasteiger charge is -2.36. The first-order valence-electron chi connectivity index (χ1n) is 8.39. The molecular weight excluding hydrogens is 428 g/mol. The van der Waals surface area contributed by atoms with Crippen LogP contribution in [0.25, 0.3) is 6.08 Å². The highest BCUT2D eigenvalue weighted by atomic mass is 79.9. The predicted molar refractivity (Wildman–Crippen MR) is 112 cm³/mol. The van der Waals surface area contributed by atoms with Crippen LogP contribution in [0.2, 0.25) is 0 Å². The number of phenolic OH excluding ortho intramolecular Hbond substituents is 1. The fourth-order valence-electron chi connectivity index (χ4n) is 2.78. The molecule has 1 heterocycles. The maximum Gasteiger partial charge on any atom is 0.270 e. The molecule has 1 N–H and O–H groups in total. The number of benzene rings is 2. The molecule has 2 amide bonds. The van der Waals surface area contributed by atoms with Crippen LogP contribution in [-0.2, 0) is 9.59 Å². The van der Waals surface area contributed by atoms with E-state index in [9.17, 15) is 14.7 Å². The highest BCUT2D eigenvalue weighted by Crippen LogP contribution is 2.29. The van der Waals surface area contributed by atoms with E-state index >= 15 is 0 Å². The summed E-state index contributed by atoms with van der Waals surface area (Å²) in [6.07, 6.45) is 2.23. The Morgan fingerprint density at radius 2 is 1.81 bits per heavy atom. The third kappa shape index (κ3) is 3.79. The lowest BCUT2D eigenvalue weighted by molar-refractivity contribution is -0.127. The van der Waals surface area contributed by atoms with E-state index in [1.165, 1.54) is 21.9 Å². The zero-order valence-corrected chi connectivity index (χ0v) is 17.0. The van der Waals surface area contributed by atoms with E-state index in [4.69, 9.17) is 12.2 Å². The highest BCUT2D eigenvalue weighted by molar-refractivity contribution is 9.10. The van der Waals surface area contributed by atoms with Gasteiger partial charge in [-0.25, -0.2) is 0 Å². The van der Waals surface area contributed by atoms with E-state index in [1.807, 2.05) is 25.1 Å². The van der Waals surface area contributed by atoms with Crippen LogP contribution >= 0.6 is 28.1 Å². The van der Waals surface area contributed by atoms with Crippen LogP contribution in [0.4, 0.5) is 5.69 Å². The average molecular weight is 445 g/mol. The Kier molecular flexibility index (Phi) is 5.72. The average Bonchev–Trinajstić information content (AvgIpc) is 2.66. The number of phenols is 1. The maximum atomic E-state index is 13.1. The van der Waals surface area contributed by atoms with Crippen molar-refractivity contribution in [2.45, 2.75) is 13.3 Å². The fraction of sp³-hybridized carbons (Fsp3) is 0.150. The van der Waals surface area contributed by atoms with Crippen LogP contribution in [0.5, 0.6) is 5.75 Å². The van der Waals surface area contributed by atoms with Crippen molar-refractivity contribution in [2.24, 2.45) is 0 Å². The molecule has 7 heteroatoms. The van der Waals surface area contributed by atoms with Gasteiger partial charge in [-0.15, -0.1) is 0 Å². The third-order valence-corrected chi connectivity index (χ3v) is 5.11. The molecule has 27 heavy (non-hydrogen) atoms. The van der Waals surface area contributed by atoms with E-state index in [1.54, 1.807) is 24.3 Å². The van der Waals surface area contributed by atoms with Gasteiger partial charge in [-0.3, -0.25) is 19.4 Å². The fourth-order valence-corrected chi connectivity index (χ4v) is 3.54. The summed E-state index contributed by atoms with van der Waals surface area (Å²) in [5.74, 6) is -0.797. The second-order valence-electron chi connectivity index (χ2n) is 5.98. The molecule has 5 nitrogen and oxygen atoms in total. The number of carbonyl (C=O) groups is 2. The Labute approximate surface area is 171 Å². The molecule has 2 aromatic carbocycles. The summed E-state index contributed by atoms with van der Waals surface area (Å²) in [7, 11) is 0. The number of para-hydroxylation sites is 1. The van der Waals surface area contributed by atoms with Crippen molar-refractivity contribution in [1.82, 2.24) is 4.90 Å². The van der Waals surface area contributed by atoms with Gasteiger partial charge in [-0.1, -0.05) is 31.2 Å². The van der Waals surface area contributed by atoms with Crippen molar-refractivity contribution in [3.63, 3.8) is 0 Å². The van der Waals surface area contributed by atoms with E-state index in [2.05, 4.69) is 15.9 Å². The summed E-state index contributed by atoms with van der Waals surface area (Å²) >= 11 is 8.69. The Morgan fingerprint density at radius 3 is 2.44 bits per heavy atom. The summed E-state index contributed by atoms with van der Waals surface area (Å²) in [5, 5.41) is 9.84. The van der Waals surface area contributed by atoms with E-state index in [-0.39, 0.29) is 16.4 Å². The first kappa shape index (κ1) is 19.3. The monoisotopic (exact) mass is 444 g/mol. The zero-order valence-electron chi connectivity index (χ0n) is 14.6. The molecule has 1 saturated heterocycles. The van der Waals surface area contributed by atoms with Crippen LogP contribution in [-0.4, -0.2) is 33.5 Å². The van der Waals surface area contributed by atoms with Gasteiger partial charge in [-0.05, 0) is 70.5 Å². The van der Waals surface area contributed by atoms with Crippen molar-refractivity contribution in [3.05, 3.63) is 64.1 Å². The van der Waals surface area contributed by atoms with E-state index in [0.717, 1.165) is 0 Å². The van der Waals surface area contributed by atoms with Gasteiger partial charge in [0.05, 0.1) is 10.2 Å². The number of rotatable bonds is 4. The second kappa shape index (κ2) is 8.02. The van der Waals surface area contributed by atoms with Crippen molar-refractivity contribution in [3.8, 4) is 5.75 Å². The second-order valence-corrected chi connectivity index (χ2v) is 7.20. The molecule has 0 bridgehead atoms. The summed E-state index contributed by atoms with van der Waals surface area (Å²) in [6, 6.07) is 13.8. The van der Waals surface area contributed by atoms with E-state index < -0.39 is 11.8 Å². The molecule has 0 aliphatic carbocycles. The van der Waals surface area contributed by atoms with Crippen LogP contribution in [0.3, 0.4) is 0 Å². The largest absolute Gasteiger partial charge is 0.507 e. The van der Waals surface area contributed by atoms with Crippen molar-refractivity contribution >= 4 is 56.8 Å². The molecule has 0 spiro atoms. The number of thiocarbonyl (C=S) groups is 1. The number of halogens is 1. The molecule has 2 aromatic rings. The maximum absolute atomic E-state index is 13.1. The number of anilines is 1. The molecule has 1 aliphatic heterocycles. The minimum Gasteiger partial charge on any atom is -0.507 e. The van der Waals surface area contributed by atoms with Crippen molar-refractivity contribution in [2.75, 3.05) is 11.4 Å². The number of aromatic hydroxyl groups is 1. The summed E-state index contributed by atoms with van der Waals surface area (Å²) in [6.45, 7) is 2.37.